The Morgan fingerprint density at radius 3 is 2.90 bits per heavy atom. The summed E-state index contributed by atoms with van der Waals surface area (Å²) in [5, 5.41) is 17.8. The van der Waals surface area contributed by atoms with Crippen LogP contribution >= 0.6 is 12.2 Å². The number of benzene rings is 1. The Balaban J connectivity index is 2.51. The van der Waals surface area contributed by atoms with Gasteiger partial charge in [0.05, 0.1) is 18.1 Å². The molecule has 0 aliphatic rings. The van der Waals surface area contributed by atoms with Gasteiger partial charge >= 0.3 is 0 Å². The van der Waals surface area contributed by atoms with E-state index in [0.29, 0.717) is 29.3 Å². The number of aryl methyl sites for hydroxylation is 1. The second-order valence-electron chi connectivity index (χ2n) is 4.31. The number of hydrogen-bond donors (Lipinski definition) is 1. The average molecular weight is 294 g/mol. The number of aromatic nitrogens is 3. The zero-order valence-electron chi connectivity index (χ0n) is 11.1. The van der Waals surface area contributed by atoms with Gasteiger partial charge in [0.1, 0.15) is 0 Å². The number of nitro groups is 1. The van der Waals surface area contributed by atoms with E-state index in [2.05, 4.69) is 10.2 Å². The van der Waals surface area contributed by atoms with Crippen LogP contribution in [0.4, 0.5) is 5.69 Å². The summed E-state index contributed by atoms with van der Waals surface area (Å²) in [4.78, 5) is 10.5. The molecule has 0 bridgehead atoms. The number of non-ortho nitro benzene ring substituents is 1. The largest absolute Gasteiger partial charge is 0.383 e. The summed E-state index contributed by atoms with van der Waals surface area (Å²) in [6.45, 7) is 2.81. The quantitative estimate of drug-likeness (QED) is 0.520. The van der Waals surface area contributed by atoms with Crippen LogP contribution in [0.25, 0.3) is 11.4 Å². The second-order valence-corrected chi connectivity index (χ2v) is 4.70. The third-order valence-electron chi connectivity index (χ3n) is 2.81. The molecule has 0 aliphatic carbocycles. The number of nitrogens with zero attached hydrogens (tertiary/aromatic N) is 3. The fourth-order valence-corrected chi connectivity index (χ4v) is 2.15. The van der Waals surface area contributed by atoms with E-state index in [1.54, 1.807) is 18.6 Å². The molecule has 8 heteroatoms. The first-order valence-corrected chi connectivity index (χ1v) is 6.34. The van der Waals surface area contributed by atoms with Gasteiger partial charge in [-0.2, -0.15) is 5.10 Å². The topological polar surface area (TPSA) is 86.0 Å². The molecule has 0 amide bonds. The molecule has 1 aromatic carbocycles. The first kappa shape index (κ1) is 14.4. The number of nitrogens with one attached hydrogen (secondary N) is 1. The minimum atomic E-state index is -0.419. The fraction of sp³-hybridized carbons (Fsp3) is 0.333. The summed E-state index contributed by atoms with van der Waals surface area (Å²) in [6.07, 6.45) is 0. The molecule has 1 aromatic heterocycles. The molecule has 106 valence electrons. The van der Waals surface area contributed by atoms with Crippen molar-refractivity contribution in [1.82, 2.24) is 14.8 Å². The van der Waals surface area contributed by atoms with Crippen LogP contribution < -0.4 is 0 Å². The lowest BCUT2D eigenvalue weighted by atomic mass is 10.1. The molecule has 7 nitrogen and oxygen atoms in total. The Labute approximate surface area is 120 Å². The van der Waals surface area contributed by atoms with Crippen molar-refractivity contribution in [1.29, 1.82) is 0 Å². The summed E-state index contributed by atoms with van der Waals surface area (Å²) in [5.74, 6) is 0.568. The third kappa shape index (κ3) is 2.91. The van der Waals surface area contributed by atoms with Gasteiger partial charge in [-0.1, -0.05) is 0 Å². The SMILES string of the molecule is COCCn1c(-c2cc(C)cc([N+](=O)[O-])c2)n[nH]c1=S. The van der Waals surface area contributed by atoms with Crippen molar-refractivity contribution >= 4 is 17.9 Å². The van der Waals surface area contributed by atoms with Gasteiger partial charge in [-0.3, -0.25) is 19.8 Å². The molecule has 0 fully saturated rings. The highest BCUT2D eigenvalue weighted by atomic mass is 32.1. The lowest BCUT2D eigenvalue weighted by molar-refractivity contribution is -0.384. The van der Waals surface area contributed by atoms with Crippen LogP contribution in [0.1, 0.15) is 5.56 Å². The number of ether oxygens (including phenoxy) is 1. The third-order valence-corrected chi connectivity index (χ3v) is 3.12. The Kier molecular flexibility index (Phi) is 4.26. The number of methoxy groups -OCH3 is 1. The number of hydrogen-bond acceptors (Lipinski definition) is 5. The van der Waals surface area contributed by atoms with E-state index in [1.807, 2.05) is 6.07 Å². The van der Waals surface area contributed by atoms with Crippen molar-refractivity contribution in [2.75, 3.05) is 13.7 Å². The summed E-state index contributed by atoms with van der Waals surface area (Å²) in [5.41, 5.74) is 1.48. The van der Waals surface area contributed by atoms with Crippen molar-refractivity contribution in [3.05, 3.63) is 38.6 Å². The van der Waals surface area contributed by atoms with Crippen molar-refractivity contribution in [2.45, 2.75) is 13.5 Å². The van der Waals surface area contributed by atoms with Gasteiger partial charge in [0, 0.05) is 24.8 Å². The lowest BCUT2D eigenvalue weighted by Gasteiger charge is -2.07. The van der Waals surface area contributed by atoms with E-state index in [9.17, 15) is 10.1 Å². The van der Waals surface area contributed by atoms with Crippen LogP contribution in [-0.2, 0) is 11.3 Å². The smallest absolute Gasteiger partial charge is 0.270 e. The molecule has 0 unspecified atom stereocenters. The molecule has 1 heterocycles. The minimum absolute atomic E-state index is 0.0345. The first-order chi connectivity index (χ1) is 9.52. The van der Waals surface area contributed by atoms with Crippen LogP contribution in [0, 0.1) is 21.8 Å². The predicted octanol–water partition coefficient (Wildman–Crippen LogP) is 2.47. The van der Waals surface area contributed by atoms with Gasteiger partial charge in [0.2, 0.25) is 0 Å². The maximum Gasteiger partial charge on any atom is 0.270 e. The van der Waals surface area contributed by atoms with Crippen LogP contribution in [-0.4, -0.2) is 33.4 Å². The van der Waals surface area contributed by atoms with Gasteiger partial charge < -0.3 is 4.74 Å². The molecule has 0 radical (unpaired) electrons. The molecule has 1 N–H and O–H groups in total. The number of aromatic amines is 1. The van der Waals surface area contributed by atoms with Gasteiger partial charge in [-0.25, -0.2) is 0 Å². The maximum absolute atomic E-state index is 10.9. The molecule has 0 aliphatic heterocycles. The summed E-state index contributed by atoms with van der Waals surface area (Å²) in [6, 6.07) is 4.84. The fourth-order valence-electron chi connectivity index (χ4n) is 1.93. The summed E-state index contributed by atoms with van der Waals surface area (Å²) in [7, 11) is 1.60. The summed E-state index contributed by atoms with van der Waals surface area (Å²) >= 11 is 5.16. The van der Waals surface area contributed by atoms with E-state index < -0.39 is 4.92 Å². The van der Waals surface area contributed by atoms with E-state index in [4.69, 9.17) is 17.0 Å². The highest BCUT2D eigenvalue weighted by Gasteiger charge is 2.14. The van der Waals surface area contributed by atoms with Crippen LogP contribution in [0.3, 0.4) is 0 Å². The number of nitro benzene ring substituents is 1. The van der Waals surface area contributed by atoms with Gasteiger partial charge in [0.15, 0.2) is 10.6 Å². The molecule has 2 aromatic rings. The Morgan fingerprint density at radius 2 is 2.25 bits per heavy atom. The normalized spacial score (nSPS) is 10.7. The van der Waals surface area contributed by atoms with E-state index >= 15 is 0 Å². The molecule has 2 rings (SSSR count). The minimum Gasteiger partial charge on any atom is -0.383 e. The van der Waals surface area contributed by atoms with Crippen molar-refractivity contribution in [2.24, 2.45) is 0 Å². The monoisotopic (exact) mass is 294 g/mol. The highest BCUT2D eigenvalue weighted by molar-refractivity contribution is 7.71. The van der Waals surface area contributed by atoms with Crippen molar-refractivity contribution < 1.29 is 9.66 Å². The average Bonchev–Trinajstić information content (AvgIpc) is 2.77. The van der Waals surface area contributed by atoms with Crippen LogP contribution in [0.5, 0.6) is 0 Å². The first-order valence-electron chi connectivity index (χ1n) is 5.93. The molecule has 0 atom stereocenters. The van der Waals surface area contributed by atoms with Gasteiger partial charge in [0.25, 0.3) is 5.69 Å². The van der Waals surface area contributed by atoms with Crippen molar-refractivity contribution in [3.8, 4) is 11.4 Å². The molecule has 20 heavy (non-hydrogen) atoms. The highest BCUT2D eigenvalue weighted by Crippen LogP contribution is 2.24. The second kappa shape index (κ2) is 5.93. The van der Waals surface area contributed by atoms with Gasteiger partial charge in [-0.05, 0) is 30.8 Å². The predicted molar refractivity (Wildman–Crippen MR) is 76.1 cm³/mol. The lowest BCUT2D eigenvalue weighted by Crippen LogP contribution is -2.06. The molecule has 0 saturated carbocycles. The zero-order chi connectivity index (χ0) is 14.7. The zero-order valence-corrected chi connectivity index (χ0v) is 11.9. The molecular weight excluding hydrogens is 280 g/mol. The van der Waals surface area contributed by atoms with E-state index in [0.717, 1.165) is 5.56 Å². The van der Waals surface area contributed by atoms with Crippen molar-refractivity contribution in [3.63, 3.8) is 0 Å². The molecule has 0 spiro atoms. The van der Waals surface area contributed by atoms with E-state index in [-0.39, 0.29) is 5.69 Å². The maximum atomic E-state index is 10.9. The Morgan fingerprint density at radius 1 is 1.50 bits per heavy atom. The number of rotatable bonds is 5. The van der Waals surface area contributed by atoms with Crippen LogP contribution in [0.2, 0.25) is 0 Å². The standard InChI is InChI=1S/C12H14N4O3S/c1-8-5-9(7-10(6-8)16(17)18)11-13-14-12(20)15(11)3-4-19-2/h5-7H,3-4H2,1-2H3,(H,14,20). The Hall–Kier alpha value is -2.06. The summed E-state index contributed by atoms with van der Waals surface area (Å²) < 4.78 is 7.25. The number of H-pyrrole nitrogens is 1. The molecular formula is C12H14N4O3S. The van der Waals surface area contributed by atoms with E-state index in [1.165, 1.54) is 12.1 Å². The van der Waals surface area contributed by atoms with Crippen LogP contribution in [0.15, 0.2) is 18.2 Å². The Bertz CT molecular complexity index is 692. The molecule has 0 saturated heterocycles. The van der Waals surface area contributed by atoms with Gasteiger partial charge in [-0.15, -0.1) is 0 Å².